The molecule has 0 saturated carbocycles. The Kier molecular flexibility index (Phi) is 5.55. The Bertz CT molecular complexity index is 847. The molecule has 8 nitrogen and oxygen atoms in total. The Labute approximate surface area is 160 Å². The van der Waals surface area contributed by atoms with Gasteiger partial charge < -0.3 is 10.2 Å². The van der Waals surface area contributed by atoms with Crippen molar-refractivity contribution in [3.8, 4) is 0 Å². The number of imide groups is 1. The van der Waals surface area contributed by atoms with Crippen LogP contribution in [0.1, 0.15) is 18.1 Å². The summed E-state index contributed by atoms with van der Waals surface area (Å²) in [5.41, 5.74) is 2.00. The van der Waals surface area contributed by atoms with Gasteiger partial charge in [0.1, 0.15) is 0 Å². The monoisotopic (exact) mass is 395 g/mol. The van der Waals surface area contributed by atoms with Gasteiger partial charge in [-0.3, -0.25) is 9.69 Å². The van der Waals surface area contributed by atoms with E-state index in [4.69, 9.17) is 0 Å². The van der Waals surface area contributed by atoms with Crippen LogP contribution in [0.5, 0.6) is 0 Å². The standard InChI is InChI=1S/C18H26N4O4S/c1-13-4-5-16(12-14(13)2)27(25,26)21-10-8-20(9-11-21)15(3)17(23)22-7-6-19-18(22)24/h4-5,12,15H,6-11H2,1-3H3,(H,19,24)/p+1/t15-/m1/s1. The molecule has 2 saturated heterocycles. The van der Waals surface area contributed by atoms with Gasteiger partial charge in [-0.1, -0.05) is 6.07 Å². The van der Waals surface area contributed by atoms with E-state index in [-0.39, 0.29) is 18.0 Å². The smallest absolute Gasteiger partial charge is 0.324 e. The van der Waals surface area contributed by atoms with Gasteiger partial charge in [-0.2, -0.15) is 4.31 Å². The number of nitrogens with one attached hydrogen (secondary N) is 2. The summed E-state index contributed by atoms with van der Waals surface area (Å²) in [5.74, 6) is -0.203. The molecule has 0 radical (unpaired) electrons. The highest BCUT2D eigenvalue weighted by atomic mass is 32.2. The van der Waals surface area contributed by atoms with Crippen molar-refractivity contribution in [1.29, 1.82) is 0 Å². The molecule has 2 fully saturated rings. The molecular weight excluding hydrogens is 368 g/mol. The highest BCUT2D eigenvalue weighted by Crippen LogP contribution is 2.19. The van der Waals surface area contributed by atoms with Crippen molar-refractivity contribution in [3.05, 3.63) is 29.3 Å². The highest BCUT2D eigenvalue weighted by Gasteiger charge is 2.38. The number of carbonyl (C=O) groups excluding carboxylic acids is 2. The Morgan fingerprint density at radius 2 is 1.81 bits per heavy atom. The zero-order chi connectivity index (χ0) is 19.8. The fraction of sp³-hybridized carbons (Fsp3) is 0.556. The first kappa shape index (κ1) is 19.8. The second-order valence-corrected chi connectivity index (χ2v) is 9.19. The number of hydrogen-bond donors (Lipinski definition) is 2. The molecule has 0 unspecified atom stereocenters. The van der Waals surface area contributed by atoms with Crippen LogP contribution in [0, 0.1) is 13.8 Å². The minimum atomic E-state index is -3.53. The first-order valence-corrected chi connectivity index (χ1v) is 10.7. The minimum Gasteiger partial charge on any atom is -0.336 e. The van der Waals surface area contributed by atoms with Crippen LogP contribution >= 0.6 is 0 Å². The number of rotatable bonds is 4. The maximum absolute atomic E-state index is 12.9. The summed E-state index contributed by atoms with van der Waals surface area (Å²) >= 11 is 0. The van der Waals surface area contributed by atoms with Crippen LogP contribution in [-0.4, -0.2) is 74.9 Å². The topological polar surface area (TPSA) is 91.2 Å². The van der Waals surface area contributed by atoms with Gasteiger partial charge in [-0.05, 0) is 44.0 Å². The van der Waals surface area contributed by atoms with E-state index in [2.05, 4.69) is 5.32 Å². The van der Waals surface area contributed by atoms with Crippen LogP contribution in [0.4, 0.5) is 4.79 Å². The number of benzene rings is 1. The third kappa shape index (κ3) is 3.85. The minimum absolute atomic E-state index is 0.203. The maximum Gasteiger partial charge on any atom is 0.324 e. The number of sulfonamides is 1. The second-order valence-electron chi connectivity index (χ2n) is 7.25. The lowest BCUT2D eigenvalue weighted by Crippen LogP contribution is -3.19. The van der Waals surface area contributed by atoms with Crippen molar-refractivity contribution in [1.82, 2.24) is 14.5 Å². The summed E-state index contributed by atoms with van der Waals surface area (Å²) < 4.78 is 27.3. The molecule has 2 aliphatic heterocycles. The van der Waals surface area contributed by atoms with Crippen LogP contribution in [0.2, 0.25) is 0 Å². The van der Waals surface area contributed by atoms with Crippen molar-refractivity contribution in [3.63, 3.8) is 0 Å². The van der Waals surface area contributed by atoms with E-state index in [0.717, 1.165) is 16.0 Å². The first-order valence-electron chi connectivity index (χ1n) is 9.23. The molecule has 0 aromatic heterocycles. The van der Waals surface area contributed by atoms with Crippen molar-refractivity contribution in [2.75, 3.05) is 39.3 Å². The quantitative estimate of drug-likeness (QED) is 0.694. The largest absolute Gasteiger partial charge is 0.336 e. The van der Waals surface area contributed by atoms with Crippen molar-refractivity contribution in [2.45, 2.75) is 31.7 Å². The average molecular weight is 396 g/mol. The molecule has 0 spiro atoms. The van der Waals surface area contributed by atoms with E-state index < -0.39 is 10.0 Å². The van der Waals surface area contributed by atoms with Crippen LogP contribution in [0.3, 0.4) is 0 Å². The van der Waals surface area contributed by atoms with Gasteiger partial charge in [-0.25, -0.2) is 13.2 Å². The van der Waals surface area contributed by atoms with E-state index in [9.17, 15) is 18.0 Å². The number of urea groups is 1. The normalized spacial score (nSPS) is 20.6. The van der Waals surface area contributed by atoms with Gasteiger partial charge in [0.15, 0.2) is 6.04 Å². The Morgan fingerprint density at radius 1 is 1.15 bits per heavy atom. The molecule has 2 heterocycles. The van der Waals surface area contributed by atoms with Gasteiger partial charge in [0, 0.05) is 13.1 Å². The number of carbonyl (C=O) groups is 2. The lowest BCUT2D eigenvalue weighted by Gasteiger charge is -2.34. The summed E-state index contributed by atoms with van der Waals surface area (Å²) in [5, 5.41) is 2.63. The first-order chi connectivity index (χ1) is 12.7. The zero-order valence-corrected chi connectivity index (χ0v) is 16.8. The summed E-state index contributed by atoms with van der Waals surface area (Å²) in [4.78, 5) is 26.8. The zero-order valence-electron chi connectivity index (χ0n) is 16.0. The molecule has 9 heteroatoms. The molecule has 27 heavy (non-hydrogen) atoms. The molecule has 148 valence electrons. The van der Waals surface area contributed by atoms with Gasteiger partial charge in [0.25, 0.3) is 5.91 Å². The molecule has 1 aromatic rings. The summed E-state index contributed by atoms with van der Waals surface area (Å²) in [6, 6.07) is 4.46. The Morgan fingerprint density at radius 3 is 2.37 bits per heavy atom. The fourth-order valence-electron chi connectivity index (χ4n) is 3.56. The van der Waals surface area contributed by atoms with E-state index in [0.29, 0.717) is 44.2 Å². The second kappa shape index (κ2) is 7.57. The summed E-state index contributed by atoms with van der Waals surface area (Å²) in [6.45, 7) is 8.31. The van der Waals surface area contributed by atoms with Gasteiger partial charge in [0.2, 0.25) is 10.0 Å². The number of amides is 3. The highest BCUT2D eigenvalue weighted by molar-refractivity contribution is 7.89. The average Bonchev–Trinajstić information content (AvgIpc) is 3.08. The van der Waals surface area contributed by atoms with Crippen molar-refractivity contribution >= 4 is 22.0 Å². The number of piperazine rings is 1. The fourth-order valence-corrected chi connectivity index (χ4v) is 5.09. The molecule has 1 atom stereocenters. The van der Waals surface area contributed by atoms with Crippen molar-refractivity contribution in [2.24, 2.45) is 0 Å². The summed E-state index contributed by atoms with van der Waals surface area (Å²) in [7, 11) is -3.53. The third-order valence-electron chi connectivity index (χ3n) is 5.59. The molecule has 0 aliphatic carbocycles. The molecule has 2 aliphatic rings. The third-order valence-corrected chi connectivity index (χ3v) is 7.48. The van der Waals surface area contributed by atoms with Crippen molar-refractivity contribution < 1.29 is 22.9 Å². The van der Waals surface area contributed by atoms with Crippen LogP contribution in [0.15, 0.2) is 23.1 Å². The lowest BCUT2D eigenvalue weighted by atomic mass is 10.1. The van der Waals surface area contributed by atoms with E-state index >= 15 is 0 Å². The summed E-state index contributed by atoms with van der Waals surface area (Å²) in [6.07, 6.45) is 0. The lowest BCUT2D eigenvalue weighted by molar-refractivity contribution is -0.917. The van der Waals surface area contributed by atoms with Gasteiger partial charge in [0.05, 0.1) is 31.1 Å². The molecule has 2 N–H and O–H groups in total. The molecular formula is C18H27N4O4S+. The molecule has 3 amide bonds. The Hall–Kier alpha value is -1.97. The number of nitrogens with zero attached hydrogens (tertiary/aromatic N) is 2. The number of hydrogen-bond acceptors (Lipinski definition) is 4. The Balaban J connectivity index is 1.65. The van der Waals surface area contributed by atoms with Crippen LogP contribution in [-0.2, 0) is 14.8 Å². The van der Waals surface area contributed by atoms with Crippen LogP contribution in [0.25, 0.3) is 0 Å². The predicted molar refractivity (Wildman–Crippen MR) is 99.9 cm³/mol. The van der Waals surface area contributed by atoms with E-state index in [1.165, 1.54) is 9.21 Å². The maximum atomic E-state index is 12.9. The SMILES string of the molecule is Cc1ccc(S(=O)(=O)N2CC[NH+]([C@H](C)C(=O)N3CCNC3=O)CC2)cc1C. The van der Waals surface area contributed by atoms with Crippen LogP contribution < -0.4 is 10.2 Å². The molecule has 1 aromatic carbocycles. The van der Waals surface area contributed by atoms with E-state index in [1.54, 1.807) is 19.1 Å². The van der Waals surface area contributed by atoms with Gasteiger partial charge >= 0.3 is 6.03 Å². The van der Waals surface area contributed by atoms with Gasteiger partial charge in [-0.15, -0.1) is 0 Å². The number of quaternary nitrogens is 1. The molecule has 0 bridgehead atoms. The number of aryl methyl sites for hydroxylation is 2. The predicted octanol–water partition coefficient (Wildman–Crippen LogP) is -0.867. The molecule has 3 rings (SSSR count). The van der Waals surface area contributed by atoms with E-state index in [1.807, 2.05) is 19.9 Å².